The zero-order chi connectivity index (χ0) is 18.1. The molecule has 3 aliphatic rings. The first-order valence-electron chi connectivity index (χ1n) is 10.2. The second-order valence-electron chi connectivity index (χ2n) is 7.98. The van der Waals surface area contributed by atoms with E-state index in [0.717, 1.165) is 23.9 Å². The van der Waals surface area contributed by atoms with Crippen LogP contribution in [0.2, 0.25) is 0 Å². The first kappa shape index (κ1) is 17.3. The van der Waals surface area contributed by atoms with E-state index in [1.165, 1.54) is 32.1 Å². The highest BCUT2D eigenvalue weighted by molar-refractivity contribution is 5.51. The van der Waals surface area contributed by atoms with Crippen LogP contribution in [0.1, 0.15) is 38.1 Å². The maximum atomic E-state index is 6.12. The molecule has 4 atom stereocenters. The molecule has 1 saturated carbocycles. The molecule has 27 heavy (non-hydrogen) atoms. The van der Waals surface area contributed by atoms with Crippen molar-refractivity contribution in [3.8, 4) is 11.4 Å². The van der Waals surface area contributed by atoms with Crippen molar-refractivity contribution in [3.05, 3.63) is 30.6 Å². The second kappa shape index (κ2) is 7.66. The number of pyridine rings is 1. The number of rotatable bonds is 5. The van der Waals surface area contributed by atoms with Gasteiger partial charge in [0.25, 0.3) is 0 Å². The van der Waals surface area contributed by atoms with Gasteiger partial charge in [0, 0.05) is 6.20 Å². The Morgan fingerprint density at radius 1 is 1.04 bits per heavy atom. The molecule has 144 valence electrons. The Morgan fingerprint density at radius 2 is 1.93 bits per heavy atom. The molecule has 4 heterocycles. The van der Waals surface area contributed by atoms with Crippen molar-refractivity contribution in [2.24, 2.45) is 5.92 Å². The summed E-state index contributed by atoms with van der Waals surface area (Å²) in [5, 5.41) is 12.3. The van der Waals surface area contributed by atoms with E-state index in [4.69, 9.17) is 9.47 Å². The van der Waals surface area contributed by atoms with Crippen molar-refractivity contribution >= 4 is 0 Å². The largest absolute Gasteiger partial charge is 0.371 e. The van der Waals surface area contributed by atoms with Crippen molar-refractivity contribution in [2.75, 3.05) is 19.8 Å². The van der Waals surface area contributed by atoms with Crippen LogP contribution in [0.15, 0.2) is 30.6 Å². The second-order valence-corrected chi connectivity index (χ2v) is 7.98. The van der Waals surface area contributed by atoms with Crippen molar-refractivity contribution in [1.82, 2.24) is 25.3 Å². The first-order valence-corrected chi connectivity index (χ1v) is 10.2. The summed E-state index contributed by atoms with van der Waals surface area (Å²) in [6.45, 7) is 2.40. The lowest BCUT2D eigenvalue weighted by atomic mass is 9.89. The Labute approximate surface area is 159 Å². The van der Waals surface area contributed by atoms with E-state index in [9.17, 15) is 0 Å². The Morgan fingerprint density at radius 3 is 2.78 bits per heavy atom. The van der Waals surface area contributed by atoms with Gasteiger partial charge in [-0.3, -0.25) is 4.98 Å². The minimum absolute atomic E-state index is 0.0344. The third-order valence-corrected chi connectivity index (χ3v) is 6.20. The van der Waals surface area contributed by atoms with E-state index in [0.29, 0.717) is 13.2 Å². The smallest absolute Gasteiger partial charge is 0.131 e. The minimum Gasteiger partial charge on any atom is -0.371 e. The number of nitrogens with zero attached hydrogens (tertiary/aromatic N) is 4. The number of hydrogen-bond donors (Lipinski definition) is 1. The Kier molecular flexibility index (Phi) is 4.90. The van der Waals surface area contributed by atoms with Crippen molar-refractivity contribution in [3.63, 3.8) is 0 Å². The molecule has 3 fully saturated rings. The summed E-state index contributed by atoms with van der Waals surface area (Å²) in [4.78, 5) is 4.35. The predicted octanol–water partition coefficient (Wildman–Crippen LogP) is 2.22. The molecule has 7 nitrogen and oxygen atoms in total. The van der Waals surface area contributed by atoms with Gasteiger partial charge in [-0.05, 0) is 37.4 Å². The lowest BCUT2D eigenvalue weighted by molar-refractivity contribution is 0.0618. The minimum atomic E-state index is 0.0344. The molecule has 0 radical (unpaired) electrons. The van der Waals surface area contributed by atoms with Crippen molar-refractivity contribution in [2.45, 2.75) is 56.4 Å². The van der Waals surface area contributed by atoms with Crippen LogP contribution < -0.4 is 5.32 Å². The number of hydrogen-bond acceptors (Lipinski definition) is 6. The molecule has 0 aromatic carbocycles. The third-order valence-electron chi connectivity index (χ3n) is 6.20. The molecule has 2 aromatic heterocycles. The highest BCUT2D eigenvalue weighted by Gasteiger charge is 2.48. The quantitative estimate of drug-likeness (QED) is 0.871. The average Bonchev–Trinajstić information content (AvgIpc) is 3.44. The molecule has 2 saturated heterocycles. The average molecular weight is 369 g/mol. The fourth-order valence-electron chi connectivity index (χ4n) is 4.66. The van der Waals surface area contributed by atoms with Gasteiger partial charge in [-0.2, -0.15) is 0 Å². The summed E-state index contributed by atoms with van der Waals surface area (Å²) >= 11 is 0. The highest BCUT2D eigenvalue weighted by atomic mass is 16.6. The summed E-state index contributed by atoms with van der Waals surface area (Å²) in [5.74, 6) is 0.811. The van der Waals surface area contributed by atoms with E-state index >= 15 is 0 Å². The van der Waals surface area contributed by atoms with Crippen LogP contribution in [0.5, 0.6) is 0 Å². The number of ether oxygens (including phenoxy) is 2. The van der Waals surface area contributed by atoms with Crippen LogP contribution in [0.4, 0.5) is 0 Å². The zero-order valence-electron chi connectivity index (χ0n) is 15.5. The van der Waals surface area contributed by atoms with Crippen LogP contribution in [0, 0.1) is 5.92 Å². The molecule has 0 amide bonds. The molecule has 0 spiro atoms. The SMILES string of the molecule is c1ccc(-c2cn(C3COC4C(NCC5CCCCC5)COC43)nn2)nc1. The Bertz CT molecular complexity index is 746. The first-order chi connectivity index (χ1) is 13.4. The van der Waals surface area contributed by atoms with Gasteiger partial charge in [0.05, 0.1) is 31.1 Å². The number of fused-ring (bicyclic) bond motifs is 1. The van der Waals surface area contributed by atoms with Gasteiger partial charge >= 0.3 is 0 Å². The lowest BCUT2D eigenvalue weighted by Crippen LogP contribution is -2.43. The molecular formula is C20H27N5O2. The van der Waals surface area contributed by atoms with E-state index in [-0.39, 0.29) is 24.3 Å². The molecule has 1 N–H and O–H groups in total. The Balaban J connectivity index is 1.22. The van der Waals surface area contributed by atoms with Crippen LogP contribution in [0.25, 0.3) is 11.4 Å². The summed E-state index contributed by atoms with van der Waals surface area (Å²) in [7, 11) is 0. The fourth-order valence-corrected chi connectivity index (χ4v) is 4.66. The molecular weight excluding hydrogens is 342 g/mol. The number of nitrogens with one attached hydrogen (secondary N) is 1. The predicted molar refractivity (Wildman–Crippen MR) is 100 cm³/mol. The molecule has 0 bridgehead atoms. The van der Waals surface area contributed by atoms with Gasteiger partial charge in [-0.15, -0.1) is 5.10 Å². The Hall–Kier alpha value is -1.83. The fraction of sp³-hybridized carbons (Fsp3) is 0.650. The van der Waals surface area contributed by atoms with Crippen LogP contribution in [-0.2, 0) is 9.47 Å². The van der Waals surface area contributed by atoms with E-state index in [1.807, 2.05) is 29.1 Å². The van der Waals surface area contributed by atoms with E-state index in [2.05, 4.69) is 20.6 Å². The molecule has 2 aromatic rings. The zero-order valence-corrected chi connectivity index (χ0v) is 15.5. The normalized spacial score (nSPS) is 31.3. The third kappa shape index (κ3) is 3.51. The van der Waals surface area contributed by atoms with E-state index in [1.54, 1.807) is 6.20 Å². The molecule has 4 unspecified atom stereocenters. The lowest BCUT2D eigenvalue weighted by Gasteiger charge is -2.25. The maximum Gasteiger partial charge on any atom is 0.131 e. The molecule has 5 rings (SSSR count). The van der Waals surface area contributed by atoms with Gasteiger partial charge in [0.1, 0.15) is 23.9 Å². The van der Waals surface area contributed by atoms with Crippen molar-refractivity contribution in [1.29, 1.82) is 0 Å². The van der Waals surface area contributed by atoms with Gasteiger partial charge in [-0.1, -0.05) is 30.5 Å². The van der Waals surface area contributed by atoms with Gasteiger partial charge in [-0.25, -0.2) is 4.68 Å². The van der Waals surface area contributed by atoms with Gasteiger partial charge < -0.3 is 14.8 Å². The molecule has 2 aliphatic heterocycles. The maximum absolute atomic E-state index is 6.12. The van der Waals surface area contributed by atoms with E-state index < -0.39 is 0 Å². The highest BCUT2D eigenvalue weighted by Crippen LogP contribution is 2.34. The summed E-state index contributed by atoms with van der Waals surface area (Å²) in [5.41, 5.74) is 1.61. The topological polar surface area (TPSA) is 74.1 Å². The van der Waals surface area contributed by atoms with Gasteiger partial charge in [0.2, 0.25) is 0 Å². The molecule has 1 aliphatic carbocycles. The summed E-state index contributed by atoms with van der Waals surface area (Å²) in [6.07, 6.45) is 10.7. The van der Waals surface area contributed by atoms with Crippen LogP contribution >= 0.6 is 0 Å². The monoisotopic (exact) mass is 369 g/mol. The number of aromatic nitrogens is 4. The summed E-state index contributed by atoms with van der Waals surface area (Å²) in [6, 6.07) is 6.15. The van der Waals surface area contributed by atoms with Gasteiger partial charge in [0.15, 0.2) is 0 Å². The standard InChI is InChI=1S/C20H27N5O2/c1-2-6-14(7-3-1)10-22-17-12-26-20-18(13-27-19(17)20)25-11-16(23-24-25)15-8-4-5-9-21-15/h4-5,8-9,11,14,17-20,22H,1-3,6-7,10,12-13H2. The van der Waals surface area contributed by atoms with Crippen LogP contribution in [-0.4, -0.2) is 58.0 Å². The van der Waals surface area contributed by atoms with Crippen molar-refractivity contribution < 1.29 is 9.47 Å². The van der Waals surface area contributed by atoms with Crippen LogP contribution in [0.3, 0.4) is 0 Å². The summed E-state index contributed by atoms with van der Waals surface area (Å²) < 4.78 is 14.1. The molecule has 7 heteroatoms.